The van der Waals surface area contributed by atoms with Crippen LogP contribution in [-0.2, 0) is 6.61 Å². The molecule has 0 amide bonds. The van der Waals surface area contributed by atoms with Gasteiger partial charge in [0.25, 0.3) is 5.69 Å². The van der Waals surface area contributed by atoms with Gasteiger partial charge in [0.05, 0.1) is 24.7 Å². The van der Waals surface area contributed by atoms with Crippen molar-refractivity contribution in [2.45, 2.75) is 6.61 Å². The Morgan fingerprint density at radius 2 is 1.72 bits per heavy atom. The number of nitro groups is 1. The molecule has 3 aromatic carbocycles. The summed E-state index contributed by atoms with van der Waals surface area (Å²) in [4.78, 5) is 23.1. The molecule has 32 heavy (non-hydrogen) atoms. The van der Waals surface area contributed by atoms with Gasteiger partial charge in [0.2, 0.25) is 5.78 Å². The third-order valence-corrected chi connectivity index (χ3v) is 4.92. The van der Waals surface area contributed by atoms with Gasteiger partial charge in [-0.15, -0.1) is 0 Å². The highest BCUT2D eigenvalue weighted by atomic mass is 16.6. The van der Waals surface area contributed by atoms with Crippen LogP contribution < -0.4 is 18.9 Å². The normalized spacial score (nSPS) is 13.4. The summed E-state index contributed by atoms with van der Waals surface area (Å²) >= 11 is 0. The summed E-state index contributed by atoms with van der Waals surface area (Å²) in [5, 5.41) is 10.8. The second kappa shape index (κ2) is 8.81. The lowest BCUT2D eigenvalue weighted by Gasteiger charge is -2.08. The standard InChI is InChI=1S/C24H19NO7/c1-29-18-8-10-21(30-2)16(11-18)12-23-24(26)20-9-7-19(13-22(20)32-23)31-14-15-3-5-17(6-4-15)25(27)28/h3-13H,14H2,1-2H3. The molecule has 0 aliphatic carbocycles. The molecule has 1 aliphatic rings. The SMILES string of the molecule is COc1ccc(OC)c(C=C2Oc3cc(OCc4ccc([N+](=O)[O-])cc4)ccc3C2=O)c1. The smallest absolute Gasteiger partial charge is 0.269 e. The van der Waals surface area contributed by atoms with Crippen molar-refractivity contribution in [2.24, 2.45) is 0 Å². The van der Waals surface area contributed by atoms with Crippen LogP contribution >= 0.6 is 0 Å². The Labute approximate surface area is 183 Å². The largest absolute Gasteiger partial charge is 0.497 e. The molecule has 0 unspecified atom stereocenters. The molecule has 0 saturated heterocycles. The minimum atomic E-state index is -0.453. The second-order valence-electron chi connectivity index (χ2n) is 6.92. The molecule has 8 heteroatoms. The number of fused-ring (bicyclic) bond motifs is 1. The van der Waals surface area contributed by atoms with Crippen molar-refractivity contribution < 1.29 is 28.7 Å². The molecule has 0 saturated carbocycles. The summed E-state index contributed by atoms with van der Waals surface area (Å²) < 4.78 is 22.1. The predicted octanol–water partition coefficient (Wildman–Crippen LogP) is 4.81. The zero-order chi connectivity index (χ0) is 22.7. The maximum absolute atomic E-state index is 12.8. The summed E-state index contributed by atoms with van der Waals surface area (Å²) in [5.74, 6) is 2.03. The molecule has 0 fully saturated rings. The van der Waals surface area contributed by atoms with Gasteiger partial charge in [-0.2, -0.15) is 0 Å². The Morgan fingerprint density at radius 1 is 0.969 bits per heavy atom. The van der Waals surface area contributed by atoms with Crippen LogP contribution in [0.25, 0.3) is 6.08 Å². The van der Waals surface area contributed by atoms with Crippen LogP contribution in [0.4, 0.5) is 5.69 Å². The zero-order valence-corrected chi connectivity index (χ0v) is 17.4. The average molecular weight is 433 g/mol. The minimum absolute atomic E-state index is 0.0187. The fourth-order valence-electron chi connectivity index (χ4n) is 3.23. The number of ketones is 1. The number of nitrogens with zero attached hydrogens (tertiary/aromatic N) is 1. The quantitative estimate of drug-likeness (QED) is 0.300. The van der Waals surface area contributed by atoms with Gasteiger partial charge in [-0.05, 0) is 54.1 Å². The Morgan fingerprint density at radius 3 is 2.41 bits per heavy atom. The van der Waals surface area contributed by atoms with Gasteiger partial charge in [0, 0.05) is 23.8 Å². The number of Topliss-reactive ketones (excluding diaryl/α,β-unsaturated/α-hetero) is 1. The van der Waals surface area contributed by atoms with E-state index >= 15 is 0 Å². The first kappa shape index (κ1) is 20.9. The molecule has 1 aliphatic heterocycles. The number of carbonyl (C=O) groups excluding carboxylic acids is 1. The lowest BCUT2D eigenvalue weighted by Crippen LogP contribution is -1.99. The van der Waals surface area contributed by atoms with Gasteiger partial charge < -0.3 is 18.9 Å². The Kier molecular flexibility index (Phi) is 5.76. The molecule has 1 heterocycles. The van der Waals surface area contributed by atoms with Crippen molar-refractivity contribution in [2.75, 3.05) is 14.2 Å². The van der Waals surface area contributed by atoms with Crippen molar-refractivity contribution in [1.29, 1.82) is 0 Å². The highest BCUT2D eigenvalue weighted by molar-refractivity contribution is 6.14. The number of non-ortho nitro benzene ring substituents is 1. The lowest BCUT2D eigenvalue weighted by molar-refractivity contribution is -0.384. The molecule has 0 spiro atoms. The van der Waals surface area contributed by atoms with Gasteiger partial charge in [0.1, 0.15) is 29.6 Å². The molecule has 8 nitrogen and oxygen atoms in total. The lowest BCUT2D eigenvalue weighted by atomic mass is 10.1. The van der Waals surface area contributed by atoms with E-state index in [2.05, 4.69) is 0 Å². The number of rotatable bonds is 7. The maximum Gasteiger partial charge on any atom is 0.269 e. The fourth-order valence-corrected chi connectivity index (χ4v) is 3.23. The Hall–Kier alpha value is -4.33. The van der Waals surface area contributed by atoms with Crippen LogP contribution in [0.2, 0.25) is 0 Å². The minimum Gasteiger partial charge on any atom is -0.497 e. The molecule has 162 valence electrons. The summed E-state index contributed by atoms with van der Waals surface area (Å²) in [6.45, 7) is 0.217. The Bertz CT molecular complexity index is 1220. The van der Waals surface area contributed by atoms with E-state index in [0.29, 0.717) is 34.1 Å². The van der Waals surface area contributed by atoms with Gasteiger partial charge in [-0.1, -0.05) is 0 Å². The van der Waals surface area contributed by atoms with E-state index in [-0.39, 0.29) is 23.8 Å². The molecule has 0 aromatic heterocycles. The van der Waals surface area contributed by atoms with E-state index in [0.717, 1.165) is 5.56 Å². The fraction of sp³-hybridized carbons (Fsp3) is 0.125. The average Bonchev–Trinajstić information content (AvgIpc) is 3.12. The number of ether oxygens (including phenoxy) is 4. The highest BCUT2D eigenvalue weighted by Crippen LogP contribution is 2.36. The first-order valence-corrected chi connectivity index (χ1v) is 9.65. The number of hydrogen-bond acceptors (Lipinski definition) is 7. The third kappa shape index (κ3) is 4.24. The zero-order valence-electron chi connectivity index (χ0n) is 17.4. The van der Waals surface area contributed by atoms with Crippen LogP contribution in [0, 0.1) is 10.1 Å². The van der Waals surface area contributed by atoms with Crippen molar-refractivity contribution in [3.05, 3.63) is 93.2 Å². The molecule has 0 bridgehead atoms. The van der Waals surface area contributed by atoms with Crippen molar-refractivity contribution in [3.63, 3.8) is 0 Å². The molecule has 0 radical (unpaired) electrons. The summed E-state index contributed by atoms with van der Waals surface area (Å²) in [6.07, 6.45) is 1.61. The highest BCUT2D eigenvalue weighted by Gasteiger charge is 2.28. The van der Waals surface area contributed by atoms with Crippen LogP contribution in [-0.4, -0.2) is 24.9 Å². The number of benzene rings is 3. The van der Waals surface area contributed by atoms with E-state index in [9.17, 15) is 14.9 Å². The summed E-state index contributed by atoms with van der Waals surface area (Å²) in [6, 6.07) is 16.4. The van der Waals surface area contributed by atoms with E-state index in [1.807, 2.05) is 0 Å². The predicted molar refractivity (Wildman–Crippen MR) is 116 cm³/mol. The Balaban J connectivity index is 1.51. The summed E-state index contributed by atoms with van der Waals surface area (Å²) in [5.41, 5.74) is 1.88. The van der Waals surface area contributed by atoms with Crippen LogP contribution in [0.1, 0.15) is 21.5 Å². The van der Waals surface area contributed by atoms with Crippen molar-refractivity contribution in [3.8, 4) is 23.0 Å². The molecular formula is C24H19NO7. The van der Waals surface area contributed by atoms with Gasteiger partial charge >= 0.3 is 0 Å². The maximum atomic E-state index is 12.8. The van der Waals surface area contributed by atoms with Crippen LogP contribution in [0.5, 0.6) is 23.0 Å². The molecule has 4 rings (SSSR count). The topological polar surface area (TPSA) is 97.1 Å². The first-order valence-electron chi connectivity index (χ1n) is 9.65. The number of carbonyl (C=O) groups is 1. The molecular weight excluding hydrogens is 414 g/mol. The third-order valence-electron chi connectivity index (χ3n) is 4.92. The number of methoxy groups -OCH3 is 2. The van der Waals surface area contributed by atoms with E-state index in [1.54, 1.807) is 68.8 Å². The number of nitro benzene ring substituents is 1. The molecule has 0 atom stereocenters. The first-order chi connectivity index (χ1) is 15.5. The van der Waals surface area contributed by atoms with Crippen LogP contribution in [0.3, 0.4) is 0 Å². The van der Waals surface area contributed by atoms with E-state index < -0.39 is 4.92 Å². The van der Waals surface area contributed by atoms with E-state index in [1.165, 1.54) is 12.1 Å². The van der Waals surface area contributed by atoms with Gasteiger partial charge in [-0.25, -0.2) is 0 Å². The molecule has 3 aromatic rings. The van der Waals surface area contributed by atoms with Crippen molar-refractivity contribution >= 4 is 17.5 Å². The number of allylic oxidation sites excluding steroid dienone is 1. The number of hydrogen-bond donors (Lipinski definition) is 0. The second-order valence-corrected chi connectivity index (χ2v) is 6.92. The molecule has 0 N–H and O–H groups in total. The van der Waals surface area contributed by atoms with Crippen LogP contribution in [0.15, 0.2) is 66.4 Å². The summed E-state index contributed by atoms with van der Waals surface area (Å²) in [7, 11) is 3.11. The monoisotopic (exact) mass is 433 g/mol. The van der Waals surface area contributed by atoms with E-state index in [4.69, 9.17) is 18.9 Å². The van der Waals surface area contributed by atoms with Gasteiger partial charge in [0.15, 0.2) is 5.76 Å². The van der Waals surface area contributed by atoms with Crippen molar-refractivity contribution in [1.82, 2.24) is 0 Å². The van der Waals surface area contributed by atoms with Gasteiger partial charge in [-0.3, -0.25) is 14.9 Å².